The van der Waals surface area contributed by atoms with Crippen molar-refractivity contribution in [2.75, 3.05) is 0 Å². The van der Waals surface area contributed by atoms with Crippen LogP contribution in [-0.2, 0) is 15.6 Å². The van der Waals surface area contributed by atoms with Gasteiger partial charge in [0.2, 0.25) is 0 Å². The molecular weight excluding hydrogens is 416 g/mol. The number of rotatable bonds is 11. The summed E-state index contributed by atoms with van der Waals surface area (Å²) in [6.07, 6.45) is 7.92. The standard InChI is InChI=1S/C19H29NO7P2/c1-18(13-8-14-20-18)17(15-19(21,28(22,23)24)29(25,26)27)12-7-3-6-11-16-9-4-2-5-10-16/h2,4-5,8-10,13-14,17,21H,3,6-7,11-12,15H2,1H3,(H2,22,23,24)(H2,25,26,27). The van der Waals surface area contributed by atoms with E-state index in [1.165, 1.54) is 11.8 Å². The molecule has 0 amide bonds. The number of hydrogen-bond acceptors (Lipinski definition) is 4. The van der Waals surface area contributed by atoms with Crippen LogP contribution in [0, 0.1) is 5.92 Å². The van der Waals surface area contributed by atoms with Gasteiger partial charge in [0.25, 0.3) is 5.08 Å². The number of aryl methyl sites for hydroxylation is 1. The molecule has 2 atom stereocenters. The van der Waals surface area contributed by atoms with E-state index in [1.807, 2.05) is 30.3 Å². The Morgan fingerprint density at radius 1 is 1.03 bits per heavy atom. The van der Waals surface area contributed by atoms with Crippen molar-refractivity contribution in [2.24, 2.45) is 10.9 Å². The van der Waals surface area contributed by atoms with Gasteiger partial charge in [0.15, 0.2) is 0 Å². The van der Waals surface area contributed by atoms with Gasteiger partial charge < -0.3 is 24.7 Å². The first-order chi connectivity index (χ1) is 13.4. The normalized spacial score (nSPS) is 20.9. The summed E-state index contributed by atoms with van der Waals surface area (Å²) in [5, 5.41) is 6.95. The van der Waals surface area contributed by atoms with Crippen molar-refractivity contribution in [3.8, 4) is 0 Å². The zero-order chi connectivity index (χ0) is 21.8. The Bertz CT molecular complexity index is 794. The maximum Gasteiger partial charge on any atom is 0.369 e. The molecule has 0 aromatic heterocycles. The SMILES string of the molecule is CC1(C(CCCCCc2ccccc2)CC(O)(P(=O)(O)O)P(=O)(O)O)C=CC=N1. The lowest BCUT2D eigenvalue weighted by molar-refractivity contribution is 0.0936. The summed E-state index contributed by atoms with van der Waals surface area (Å²) in [4.78, 5) is 42.3. The summed E-state index contributed by atoms with van der Waals surface area (Å²) in [5.74, 6) is -0.653. The summed E-state index contributed by atoms with van der Waals surface area (Å²) < 4.78 is 23.6. The highest BCUT2D eigenvalue weighted by molar-refractivity contribution is 7.72. The molecule has 1 aromatic rings. The Hall–Kier alpha value is -1.11. The molecule has 2 unspecified atom stereocenters. The number of hydrogen-bond donors (Lipinski definition) is 5. The van der Waals surface area contributed by atoms with Crippen molar-refractivity contribution in [2.45, 2.75) is 56.1 Å². The predicted octanol–water partition coefficient (Wildman–Crippen LogP) is 3.20. The third kappa shape index (κ3) is 5.96. The Labute approximate surface area is 170 Å². The van der Waals surface area contributed by atoms with E-state index in [0.29, 0.717) is 12.8 Å². The van der Waals surface area contributed by atoms with E-state index in [0.717, 1.165) is 19.3 Å². The number of aliphatic hydroxyl groups is 1. The van der Waals surface area contributed by atoms with Crippen LogP contribution < -0.4 is 0 Å². The largest absolute Gasteiger partial charge is 0.369 e. The highest BCUT2D eigenvalue weighted by Gasteiger charge is 2.61. The van der Waals surface area contributed by atoms with E-state index >= 15 is 0 Å². The van der Waals surface area contributed by atoms with Gasteiger partial charge in [0, 0.05) is 12.6 Å². The van der Waals surface area contributed by atoms with Gasteiger partial charge in [0.05, 0.1) is 5.54 Å². The van der Waals surface area contributed by atoms with Crippen LogP contribution in [0.25, 0.3) is 0 Å². The fourth-order valence-corrected chi connectivity index (χ4v) is 5.88. The van der Waals surface area contributed by atoms with Crippen molar-refractivity contribution in [3.63, 3.8) is 0 Å². The van der Waals surface area contributed by atoms with Gasteiger partial charge in [-0.1, -0.05) is 49.2 Å². The Morgan fingerprint density at radius 3 is 2.17 bits per heavy atom. The second-order valence-electron chi connectivity index (χ2n) is 7.71. The smallest absolute Gasteiger partial charge is 0.368 e. The molecule has 1 aromatic carbocycles. The zero-order valence-electron chi connectivity index (χ0n) is 16.3. The second kappa shape index (κ2) is 9.36. The molecule has 1 aliphatic heterocycles. The number of allylic oxidation sites excluding steroid dienone is 1. The number of nitrogens with zero attached hydrogens (tertiary/aromatic N) is 1. The van der Waals surface area contributed by atoms with Crippen molar-refractivity contribution in [3.05, 3.63) is 48.0 Å². The van der Waals surface area contributed by atoms with Gasteiger partial charge in [-0.3, -0.25) is 14.1 Å². The first-order valence-corrected chi connectivity index (χ1v) is 12.7. The van der Waals surface area contributed by atoms with Crippen molar-refractivity contribution in [1.82, 2.24) is 0 Å². The van der Waals surface area contributed by atoms with Crippen LogP contribution in [0.1, 0.15) is 44.6 Å². The number of aliphatic imine (C=N–C) groups is 1. The molecule has 1 heterocycles. The van der Waals surface area contributed by atoms with Crippen molar-refractivity contribution in [1.29, 1.82) is 0 Å². The van der Waals surface area contributed by atoms with Crippen LogP contribution >= 0.6 is 15.2 Å². The van der Waals surface area contributed by atoms with E-state index in [1.54, 1.807) is 19.1 Å². The van der Waals surface area contributed by atoms with Crippen LogP contribution in [0.5, 0.6) is 0 Å². The Kier molecular flexibility index (Phi) is 7.80. The quantitative estimate of drug-likeness (QED) is 0.259. The summed E-state index contributed by atoms with van der Waals surface area (Å²) in [6, 6.07) is 9.99. The van der Waals surface area contributed by atoms with Gasteiger partial charge in [-0.25, -0.2) is 0 Å². The molecular formula is C19H29NO7P2. The van der Waals surface area contributed by atoms with Crippen LogP contribution in [0.15, 0.2) is 47.5 Å². The van der Waals surface area contributed by atoms with Crippen LogP contribution in [0.2, 0.25) is 0 Å². The number of unbranched alkanes of at least 4 members (excludes halogenated alkanes) is 2. The monoisotopic (exact) mass is 445 g/mol. The molecule has 8 nitrogen and oxygen atoms in total. The minimum Gasteiger partial charge on any atom is -0.368 e. The highest BCUT2D eigenvalue weighted by Crippen LogP contribution is 2.70. The lowest BCUT2D eigenvalue weighted by Gasteiger charge is -2.37. The molecule has 1 aliphatic rings. The molecule has 0 bridgehead atoms. The van der Waals surface area contributed by atoms with Crippen molar-refractivity contribution < 1.29 is 33.8 Å². The van der Waals surface area contributed by atoms with E-state index in [4.69, 9.17) is 0 Å². The molecule has 0 radical (unpaired) electrons. The average molecular weight is 445 g/mol. The predicted molar refractivity (Wildman–Crippen MR) is 112 cm³/mol. The summed E-state index contributed by atoms with van der Waals surface area (Å²) in [6.45, 7) is 1.72. The summed E-state index contributed by atoms with van der Waals surface area (Å²) >= 11 is 0. The van der Waals surface area contributed by atoms with Gasteiger partial charge in [-0.2, -0.15) is 0 Å². The maximum absolute atomic E-state index is 11.8. The van der Waals surface area contributed by atoms with Crippen molar-refractivity contribution >= 4 is 21.4 Å². The van der Waals surface area contributed by atoms with Crippen LogP contribution in [0.3, 0.4) is 0 Å². The van der Waals surface area contributed by atoms with Gasteiger partial charge in [-0.15, -0.1) is 0 Å². The fraction of sp³-hybridized carbons (Fsp3) is 0.526. The van der Waals surface area contributed by atoms with E-state index in [2.05, 4.69) is 4.99 Å². The van der Waals surface area contributed by atoms with Crippen LogP contribution in [-0.4, -0.2) is 41.5 Å². The molecule has 0 aliphatic carbocycles. The van der Waals surface area contributed by atoms with E-state index in [9.17, 15) is 33.8 Å². The zero-order valence-corrected chi connectivity index (χ0v) is 18.1. The second-order valence-corrected chi connectivity index (χ2v) is 11.7. The lowest BCUT2D eigenvalue weighted by atomic mass is 9.80. The fourth-order valence-electron chi connectivity index (χ4n) is 3.61. The van der Waals surface area contributed by atoms with Crippen LogP contribution in [0.4, 0.5) is 0 Å². The minimum absolute atomic E-state index is 0.412. The molecule has 0 spiro atoms. The molecule has 29 heavy (non-hydrogen) atoms. The molecule has 10 heteroatoms. The molecule has 5 N–H and O–H groups in total. The van der Waals surface area contributed by atoms with Gasteiger partial charge in [0.1, 0.15) is 0 Å². The lowest BCUT2D eigenvalue weighted by Crippen LogP contribution is -2.38. The first kappa shape index (κ1) is 24.2. The average Bonchev–Trinajstić information content (AvgIpc) is 3.07. The first-order valence-electron chi connectivity index (χ1n) is 9.50. The van der Waals surface area contributed by atoms with E-state index < -0.39 is 38.2 Å². The molecule has 162 valence electrons. The highest BCUT2D eigenvalue weighted by atomic mass is 31.2. The summed E-state index contributed by atoms with van der Waals surface area (Å²) in [7, 11) is -11.0. The molecule has 0 fully saturated rings. The van der Waals surface area contributed by atoms with E-state index in [-0.39, 0.29) is 0 Å². The Morgan fingerprint density at radius 2 is 1.66 bits per heavy atom. The Balaban J connectivity index is 2.08. The van der Waals surface area contributed by atoms with Gasteiger partial charge >= 0.3 is 15.2 Å². The number of benzene rings is 1. The molecule has 0 saturated heterocycles. The third-order valence-corrected chi connectivity index (χ3v) is 9.31. The molecule has 2 rings (SSSR count). The molecule has 0 saturated carbocycles. The summed E-state index contributed by atoms with van der Waals surface area (Å²) in [5.41, 5.74) is 0.328. The third-order valence-electron chi connectivity index (χ3n) is 5.51. The minimum atomic E-state index is -5.50. The topological polar surface area (TPSA) is 148 Å². The van der Waals surface area contributed by atoms with Gasteiger partial charge in [-0.05, 0) is 43.7 Å². The maximum atomic E-state index is 11.8.